The molecular weight excluding hydrogens is 301 g/mol. The van der Waals surface area contributed by atoms with Crippen molar-refractivity contribution >= 4 is 17.3 Å². The summed E-state index contributed by atoms with van der Waals surface area (Å²) in [4.78, 5) is 25.7. The largest absolute Gasteiger partial charge is 0.339 e. The molecule has 7 heteroatoms. The molecule has 120 valence electrons. The van der Waals surface area contributed by atoms with Gasteiger partial charge in [0.25, 0.3) is 5.69 Å². The summed E-state index contributed by atoms with van der Waals surface area (Å²) in [5.74, 6) is -0.575. The molecule has 0 spiro atoms. The minimum Gasteiger partial charge on any atom is -0.339 e. The van der Waals surface area contributed by atoms with Crippen molar-refractivity contribution in [3.05, 3.63) is 58.1 Å². The molecule has 0 atom stereocenters. The number of nitro benzene ring substituents is 1. The molecule has 0 bridgehead atoms. The summed E-state index contributed by atoms with van der Waals surface area (Å²) < 4.78 is 14.4. The molecule has 3 rings (SSSR count). The van der Waals surface area contributed by atoms with E-state index in [1.54, 1.807) is 17.2 Å². The first-order valence-corrected chi connectivity index (χ1v) is 7.41. The lowest BCUT2D eigenvalue weighted by atomic mass is 10.1. The molecule has 0 aliphatic carbocycles. The van der Waals surface area contributed by atoms with Crippen LogP contribution >= 0.6 is 0 Å². The molecule has 0 saturated carbocycles. The van der Waals surface area contributed by atoms with E-state index in [0.29, 0.717) is 19.5 Å². The van der Waals surface area contributed by atoms with Gasteiger partial charge in [-0.2, -0.15) is 0 Å². The van der Waals surface area contributed by atoms with Gasteiger partial charge in [0.2, 0.25) is 5.91 Å². The first kappa shape index (κ1) is 15.2. The molecule has 1 aromatic carbocycles. The summed E-state index contributed by atoms with van der Waals surface area (Å²) in [5.41, 5.74) is 0.227. The maximum absolute atomic E-state index is 14.4. The van der Waals surface area contributed by atoms with Gasteiger partial charge >= 0.3 is 0 Å². The van der Waals surface area contributed by atoms with Gasteiger partial charge in [-0.05, 0) is 12.5 Å². The summed E-state index contributed by atoms with van der Waals surface area (Å²) in [5, 5.41) is 11.4. The third-order valence-electron chi connectivity index (χ3n) is 4.00. The van der Waals surface area contributed by atoms with E-state index in [9.17, 15) is 19.3 Å². The fourth-order valence-electron chi connectivity index (χ4n) is 2.81. The molecule has 2 aliphatic rings. The highest BCUT2D eigenvalue weighted by Gasteiger charge is 2.26. The van der Waals surface area contributed by atoms with Crippen LogP contribution in [0.15, 0.2) is 36.6 Å². The molecule has 0 aromatic heterocycles. The van der Waals surface area contributed by atoms with E-state index in [4.69, 9.17) is 0 Å². The maximum Gasteiger partial charge on any atom is 0.293 e. The Balaban J connectivity index is 1.94. The summed E-state index contributed by atoms with van der Waals surface area (Å²) in [6.45, 7) is 1.08. The first-order valence-electron chi connectivity index (χ1n) is 7.41. The topological polar surface area (TPSA) is 66.7 Å². The molecule has 1 saturated heterocycles. The summed E-state index contributed by atoms with van der Waals surface area (Å²) >= 11 is 0. The lowest BCUT2D eigenvalue weighted by molar-refractivity contribution is -0.384. The van der Waals surface area contributed by atoms with Gasteiger partial charge in [-0.3, -0.25) is 14.9 Å². The SMILES string of the molecule is O=C1CCCN1Cc1cc([N+](=O)[O-])c(N2C=CC=CC2)cc1F. The van der Waals surface area contributed by atoms with E-state index in [2.05, 4.69) is 0 Å². The molecule has 1 fully saturated rings. The Kier molecular flexibility index (Phi) is 4.10. The summed E-state index contributed by atoms with van der Waals surface area (Å²) in [6.07, 6.45) is 8.26. The number of nitro groups is 1. The number of hydrogen-bond acceptors (Lipinski definition) is 4. The Morgan fingerprint density at radius 2 is 2.13 bits per heavy atom. The minimum atomic E-state index is -0.534. The van der Waals surface area contributed by atoms with Crippen LogP contribution in [0.5, 0.6) is 0 Å². The van der Waals surface area contributed by atoms with E-state index < -0.39 is 10.7 Å². The molecule has 2 aliphatic heterocycles. The monoisotopic (exact) mass is 317 g/mol. The van der Waals surface area contributed by atoms with Crippen LogP contribution in [0.2, 0.25) is 0 Å². The van der Waals surface area contributed by atoms with Crippen LogP contribution in [0.3, 0.4) is 0 Å². The number of amides is 1. The summed E-state index contributed by atoms with van der Waals surface area (Å²) in [6, 6.07) is 2.42. The van der Waals surface area contributed by atoms with Gasteiger partial charge in [0.1, 0.15) is 11.5 Å². The van der Waals surface area contributed by atoms with Crippen molar-refractivity contribution in [1.29, 1.82) is 0 Å². The molecule has 1 amide bonds. The second-order valence-electron chi connectivity index (χ2n) is 5.53. The van der Waals surface area contributed by atoms with E-state index in [0.717, 1.165) is 6.42 Å². The van der Waals surface area contributed by atoms with Crippen LogP contribution < -0.4 is 4.90 Å². The highest BCUT2D eigenvalue weighted by Crippen LogP contribution is 2.33. The fraction of sp³-hybridized carbons (Fsp3) is 0.312. The zero-order valence-electron chi connectivity index (χ0n) is 12.4. The standard InChI is InChI=1S/C16H16FN3O3/c17-13-10-14(18-6-2-1-3-7-18)15(20(22)23)9-12(13)11-19-8-4-5-16(19)21/h1-3,6,9-10H,4-5,7-8,11H2. The Morgan fingerprint density at radius 3 is 2.74 bits per heavy atom. The van der Waals surface area contributed by atoms with Crippen LogP contribution in [0.4, 0.5) is 15.8 Å². The molecule has 23 heavy (non-hydrogen) atoms. The number of hydrogen-bond donors (Lipinski definition) is 0. The predicted molar refractivity (Wildman–Crippen MR) is 83.3 cm³/mol. The number of benzene rings is 1. The van der Waals surface area contributed by atoms with Gasteiger partial charge in [0.15, 0.2) is 0 Å². The van der Waals surface area contributed by atoms with Gasteiger partial charge in [0.05, 0.1) is 4.92 Å². The quantitative estimate of drug-likeness (QED) is 0.632. The summed E-state index contributed by atoms with van der Waals surface area (Å²) in [7, 11) is 0. The van der Waals surface area contributed by atoms with Gasteiger partial charge in [-0.1, -0.05) is 12.2 Å². The van der Waals surface area contributed by atoms with Crippen LogP contribution in [0.25, 0.3) is 0 Å². The third kappa shape index (κ3) is 3.08. The Morgan fingerprint density at radius 1 is 1.30 bits per heavy atom. The van der Waals surface area contributed by atoms with Crippen LogP contribution in [0, 0.1) is 15.9 Å². The van der Waals surface area contributed by atoms with Crippen molar-refractivity contribution in [3.63, 3.8) is 0 Å². The van der Waals surface area contributed by atoms with Gasteiger partial charge in [0, 0.05) is 50.0 Å². The minimum absolute atomic E-state index is 0.0415. The molecule has 6 nitrogen and oxygen atoms in total. The van der Waals surface area contributed by atoms with E-state index >= 15 is 0 Å². The number of nitrogens with zero attached hydrogens (tertiary/aromatic N) is 3. The molecule has 2 heterocycles. The molecule has 1 aromatic rings. The Labute approximate surface area is 132 Å². The second kappa shape index (κ2) is 6.20. The van der Waals surface area contributed by atoms with E-state index in [1.807, 2.05) is 12.2 Å². The second-order valence-corrected chi connectivity index (χ2v) is 5.53. The molecular formula is C16H16FN3O3. The highest BCUT2D eigenvalue weighted by atomic mass is 19.1. The van der Waals surface area contributed by atoms with Crippen LogP contribution in [0.1, 0.15) is 18.4 Å². The first-order chi connectivity index (χ1) is 11.1. The Bertz CT molecular complexity index is 715. The number of anilines is 1. The van der Waals surface area contributed by atoms with Gasteiger partial charge < -0.3 is 9.80 Å². The lowest BCUT2D eigenvalue weighted by Gasteiger charge is -2.22. The van der Waals surface area contributed by atoms with Crippen molar-refractivity contribution in [1.82, 2.24) is 4.90 Å². The average Bonchev–Trinajstić information content (AvgIpc) is 2.94. The van der Waals surface area contributed by atoms with Crippen molar-refractivity contribution < 1.29 is 14.1 Å². The van der Waals surface area contributed by atoms with Crippen molar-refractivity contribution in [3.8, 4) is 0 Å². The van der Waals surface area contributed by atoms with Crippen molar-refractivity contribution in [2.45, 2.75) is 19.4 Å². The Hall–Kier alpha value is -2.70. The van der Waals surface area contributed by atoms with Crippen LogP contribution in [-0.2, 0) is 11.3 Å². The zero-order chi connectivity index (χ0) is 16.4. The molecule has 0 radical (unpaired) electrons. The normalized spacial score (nSPS) is 17.2. The smallest absolute Gasteiger partial charge is 0.293 e. The zero-order valence-corrected chi connectivity index (χ0v) is 12.4. The maximum atomic E-state index is 14.4. The number of halogens is 1. The molecule has 0 N–H and O–H groups in total. The number of carbonyl (C=O) groups excluding carboxylic acids is 1. The van der Waals surface area contributed by atoms with Crippen molar-refractivity contribution in [2.75, 3.05) is 18.0 Å². The number of allylic oxidation sites excluding steroid dienone is 2. The highest BCUT2D eigenvalue weighted by molar-refractivity contribution is 5.78. The fourth-order valence-corrected chi connectivity index (χ4v) is 2.81. The number of rotatable bonds is 4. The number of carbonyl (C=O) groups is 1. The lowest BCUT2D eigenvalue weighted by Crippen LogP contribution is -2.25. The predicted octanol–water partition coefficient (Wildman–Crippen LogP) is 2.75. The molecule has 0 unspecified atom stereocenters. The third-order valence-corrected chi connectivity index (χ3v) is 4.00. The van der Waals surface area contributed by atoms with E-state index in [-0.39, 0.29) is 29.4 Å². The van der Waals surface area contributed by atoms with Crippen LogP contribution in [-0.4, -0.2) is 28.8 Å². The van der Waals surface area contributed by atoms with Gasteiger partial charge in [-0.15, -0.1) is 0 Å². The van der Waals surface area contributed by atoms with Crippen molar-refractivity contribution in [2.24, 2.45) is 0 Å². The van der Waals surface area contributed by atoms with Gasteiger partial charge in [-0.25, -0.2) is 4.39 Å². The van der Waals surface area contributed by atoms with E-state index in [1.165, 1.54) is 17.0 Å². The number of likely N-dealkylation sites (tertiary alicyclic amines) is 1. The average molecular weight is 317 g/mol.